The van der Waals surface area contributed by atoms with Crippen LogP contribution in [-0.2, 0) is 9.47 Å². The van der Waals surface area contributed by atoms with E-state index in [0.29, 0.717) is 0 Å². The van der Waals surface area contributed by atoms with Gasteiger partial charge in [-0.15, -0.1) is 0 Å². The highest BCUT2D eigenvalue weighted by Gasteiger charge is 2.36. The molecule has 2 aliphatic heterocycles. The van der Waals surface area contributed by atoms with Gasteiger partial charge >= 0.3 is 0 Å². The molecule has 1 unspecified atom stereocenters. The van der Waals surface area contributed by atoms with Crippen LogP contribution in [-0.4, -0.2) is 36.9 Å². The van der Waals surface area contributed by atoms with E-state index < -0.39 is 0 Å². The third-order valence-corrected chi connectivity index (χ3v) is 3.35. The van der Waals surface area contributed by atoms with Crippen LogP contribution >= 0.6 is 11.8 Å². The fourth-order valence-corrected chi connectivity index (χ4v) is 2.57. The second-order valence-electron chi connectivity index (χ2n) is 3.20. The zero-order valence-corrected chi connectivity index (χ0v) is 7.49. The lowest BCUT2D eigenvalue weighted by Gasteiger charge is -2.24. The van der Waals surface area contributed by atoms with Gasteiger partial charge in [-0.05, 0) is 12.2 Å². The number of rotatable bonds is 0. The molecule has 0 aromatic carbocycles. The van der Waals surface area contributed by atoms with Crippen LogP contribution in [0.25, 0.3) is 0 Å². The van der Waals surface area contributed by atoms with Crippen LogP contribution in [0, 0.1) is 0 Å². The second-order valence-corrected chi connectivity index (χ2v) is 4.42. The van der Waals surface area contributed by atoms with E-state index in [0.717, 1.165) is 32.0 Å². The van der Waals surface area contributed by atoms with E-state index in [1.165, 1.54) is 12.2 Å². The first-order valence-corrected chi connectivity index (χ1v) is 5.36. The Balaban J connectivity index is 1.97. The summed E-state index contributed by atoms with van der Waals surface area (Å²) in [6.45, 7) is 2.63. The number of hydrogen-bond donors (Lipinski definition) is 0. The second kappa shape index (κ2) is 3.33. The Bertz CT molecular complexity index is 122. The minimum atomic E-state index is 0.115. The number of hydrogen-bond acceptors (Lipinski definition) is 3. The molecular formula is C8H14O2S. The summed E-state index contributed by atoms with van der Waals surface area (Å²) >= 11 is 2.00. The van der Waals surface area contributed by atoms with Gasteiger partial charge in [-0.2, -0.15) is 11.8 Å². The summed E-state index contributed by atoms with van der Waals surface area (Å²) in [6, 6.07) is 0. The van der Waals surface area contributed by atoms with Crippen LogP contribution in [0.4, 0.5) is 0 Å². The molecule has 0 saturated carbocycles. The Morgan fingerprint density at radius 1 is 1.09 bits per heavy atom. The van der Waals surface area contributed by atoms with Gasteiger partial charge < -0.3 is 9.47 Å². The minimum absolute atomic E-state index is 0.115. The first-order valence-electron chi connectivity index (χ1n) is 4.21. The highest BCUT2D eigenvalue weighted by molar-refractivity contribution is 7.99. The average molecular weight is 174 g/mol. The molecule has 0 N–H and O–H groups in total. The Morgan fingerprint density at radius 3 is 2.91 bits per heavy atom. The van der Waals surface area contributed by atoms with E-state index >= 15 is 0 Å². The number of thioether (sulfide) groups is 1. The topological polar surface area (TPSA) is 18.5 Å². The highest BCUT2D eigenvalue weighted by Crippen LogP contribution is 2.30. The van der Waals surface area contributed by atoms with Crippen molar-refractivity contribution in [2.24, 2.45) is 0 Å². The summed E-state index contributed by atoms with van der Waals surface area (Å²) in [6.07, 6.45) is 2.28. The van der Waals surface area contributed by atoms with Crippen molar-refractivity contribution in [1.82, 2.24) is 0 Å². The lowest BCUT2D eigenvalue weighted by Crippen LogP contribution is -2.33. The van der Waals surface area contributed by atoms with Gasteiger partial charge in [-0.3, -0.25) is 0 Å². The predicted octanol–water partition coefficient (Wildman–Crippen LogP) is 1.30. The Hall–Kier alpha value is 0.270. The molecule has 1 atom stereocenters. The molecule has 2 rings (SSSR count). The zero-order chi connectivity index (χ0) is 7.57. The van der Waals surface area contributed by atoms with E-state index in [2.05, 4.69) is 0 Å². The maximum Gasteiger partial charge on any atom is 0.0944 e. The van der Waals surface area contributed by atoms with Crippen LogP contribution in [0.3, 0.4) is 0 Å². The van der Waals surface area contributed by atoms with Gasteiger partial charge in [0.15, 0.2) is 0 Å². The molecule has 3 heteroatoms. The quantitative estimate of drug-likeness (QED) is 0.551. The van der Waals surface area contributed by atoms with Crippen molar-refractivity contribution in [3.63, 3.8) is 0 Å². The lowest BCUT2D eigenvalue weighted by molar-refractivity contribution is -0.0413. The average Bonchev–Trinajstić information content (AvgIpc) is 2.32. The standard InChI is InChI=1S/C8H14O2S/c1-3-9-7-8(1)2-5-11-6-4-10-8/h1-7H2. The Morgan fingerprint density at radius 2 is 2.09 bits per heavy atom. The summed E-state index contributed by atoms with van der Waals surface area (Å²) < 4.78 is 11.2. The summed E-state index contributed by atoms with van der Waals surface area (Å²) in [5.74, 6) is 2.39. The van der Waals surface area contributed by atoms with Crippen molar-refractivity contribution in [3.05, 3.63) is 0 Å². The highest BCUT2D eigenvalue weighted by atomic mass is 32.2. The third kappa shape index (κ3) is 1.71. The minimum Gasteiger partial charge on any atom is -0.378 e. The normalized spacial score (nSPS) is 39.3. The summed E-state index contributed by atoms with van der Waals surface area (Å²) in [4.78, 5) is 0. The van der Waals surface area contributed by atoms with Crippen LogP contribution in [0.15, 0.2) is 0 Å². The maximum atomic E-state index is 5.81. The maximum absolute atomic E-state index is 5.81. The van der Waals surface area contributed by atoms with Gasteiger partial charge in [0, 0.05) is 18.8 Å². The molecule has 0 radical (unpaired) electrons. The Kier molecular flexibility index (Phi) is 2.39. The van der Waals surface area contributed by atoms with Gasteiger partial charge in [0.2, 0.25) is 0 Å². The van der Waals surface area contributed by atoms with Crippen molar-refractivity contribution in [2.75, 3.05) is 31.3 Å². The molecule has 0 bridgehead atoms. The van der Waals surface area contributed by atoms with Crippen molar-refractivity contribution >= 4 is 11.8 Å². The van der Waals surface area contributed by atoms with Crippen LogP contribution < -0.4 is 0 Å². The molecule has 2 nitrogen and oxygen atoms in total. The summed E-state index contributed by atoms with van der Waals surface area (Å²) in [5, 5.41) is 0. The SMILES string of the molecule is C1CC2(CCSCCO2)CO1. The van der Waals surface area contributed by atoms with Gasteiger partial charge in [0.25, 0.3) is 0 Å². The van der Waals surface area contributed by atoms with E-state index in [1.54, 1.807) is 0 Å². The monoisotopic (exact) mass is 174 g/mol. The zero-order valence-electron chi connectivity index (χ0n) is 6.67. The molecule has 1 spiro atoms. The summed E-state index contributed by atoms with van der Waals surface area (Å²) in [7, 11) is 0. The van der Waals surface area contributed by atoms with Gasteiger partial charge in [-0.1, -0.05) is 0 Å². The molecule has 2 aliphatic rings. The van der Waals surface area contributed by atoms with Gasteiger partial charge in [0.1, 0.15) is 0 Å². The number of ether oxygens (including phenoxy) is 2. The molecule has 2 saturated heterocycles. The van der Waals surface area contributed by atoms with Crippen LogP contribution in [0.2, 0.25) is 0 Å². The van der Waals surface area contributed by atoms with Crippen LogP contribution in [0.1, 0.15) is 12.8 Å². The van der Waals surface area contributed by atoms with E-state index in [1.807, 2.05) is 11.8 Å². The first-order chi connectivity index (χ1) is 5.41. The van der Waals surface area contributed by atoms with E-state index in [-0.39, 0.29) is 5.60 Å². The third-order valence-electron chi connectivity index (χ3n) is 2.41. The molecule has 0 aromatic heterocycles. The molecule has 11 heavy (non-hydrogen) atoms. The fraction of sp³-hybridized carbons (Fsp3) is 1.00. The Labute approximate surface area is 71.6 Å². The van der Waals surface area contributed by atoms with Crippen molar-refractivity contribution in [3.8, 4) is 0 Å². The predicted molar refractivity (Wildman–Crippen MR) is 46.1 cm³/mol. The van der Waals surface area contributed by atoms with E-state index in [9.17, 15) is 0 Å². The molecular weight excluding hydrogens is 160 g/mol. The van der Waals surface area contributed by atoms with Gasteiger partial charge in [-0.25, -0.2) is 0 Å². The van der Waals surface area contributed by atoms with E-state index in [4.69, 9.17) is 9.47 Å². The fourth-order valence-electron chi connectivity index (χ4n) is 1.65. The van der Waals surface area contributed by atoms with Crippen molar-refractivity contribution in [1.29, 1.82) is 0 Å². The van der Waals surface area contributed by atoms with Gasteiger partial charge in [0.05, 0.1) is 18.8 Å². The summed E-state index contributed by atoms with van der Waals surface area (Å²) in [5.41, 5.74) is 0.115. The van der Waals surface area contributed by atoms with Crippen LogP contribution in [0.5, 0.6) is 0 Å². The molecule has 2 heterocycles. The first kappa shape index (κ1) is 7.90. The molecule has 0 amide bonds. The molecule has 0 aliphatic carbocycles. The molecule has 64 valence electrons. The molecule has 2 fully saturated rings. The molecule has 0 aromatic rings. The lowest BCUT2D eigenvalue weighted by atomic mass is 10.00. The van der Waals surface area contributed by atoms with Crippen molar-refractivity contribution in [2.45, 2.75) is 18.4 Å². The largest absolute Gasteiger partial charge is 0.378 e. The smallest absolute Gasteiger partial charge is 0.0944 e. The van der Waals surface area contributed by atoms with Crippen molar-refractivity contribution < 1.29 is 9.47 Å².